The summed E-state index contributed by atoms with van der Waals surface area (Å²) in [6.07, 6.45) is -18.3. The van der Waals surface area contributed by atoms with E-state index < -0.39 is 81.8 Å². The number of carbonyl (C=O) groups excluding carboxylic acids is 3. The fourth-order valence-corrected chi connectivity index (χ4v) is 5.11. The molecule has 0 spiro atoms. The Kier molecular flexibility index (Phi) is 8.96. The van der Waals surface area contributed by atoms with E-state index >= 15 is 0 Å². The summed E-state index contributed by atoms with van der Waals surface area (Å²) in [7, 11) is -4.08. The number of benzene rings is 2. The summed E-state index contributed by atoms with van der Waals surface area (Å²) in [6, 6.07) is 0.365. The number of esters is 1. The van der Waals surface area contributed by atoms with E-state index in [0.29, 0.717) is 41.3 Å². The molecule has 0 heterocycles. The monoisotopic (exact) mass is 723 g/mol. The number of carbonyl (C=O) groups is 3. The van der Waals surface area contributed by atoms with Crippen LogP contribution in [0.4, 0.5) is 49.6 Å². The zero-order valence-corrected chi connectivity index (χ0v) is 22.4. The number of nitrogens with zero attached hydrogens (tertiary/aromatic N) is 1. The molecule has 2 aromatic carbocycles. The maximum atomic E-state index is 14.6. The van der Waals surface area contributed by atoms with Gasteiger partial charge in [-0.15, -0.1) is 0 Å². The second kappa shape index (κ2) is 10.8. The van der Waals surface area contributed by atoms with Crippen molar-refractivity contribution in [2.45, 2.75) is 36.0 Å². The molecule has 0 radical (unpaired) electrons. The molecule has 2 rings (SSSR count). The maximum Gasteiger partial charge on any atom is 0.435 e. The lowest BCUT2D eigenvalue weighted by Gasteiger charge is -2.31. The van der Waals surface area contributed by atoms with Crippen molar-refractivity contribution in [1.29, 1.82) is 0 Å². The number of anilines is 1. The van der Waals surface area contributed by atoms with Gasteiger partial charge >= 0.3 is 30.2 Å². The van der Waals surface area contributed by atoms with E-state index in [1.54, 1.807) is 0 Å². The number of ether oxygens (including phenoxy) is 1. The summed E-state index contributed by atoms with van der Waals surface area (Å²) in [5.74, 6) is -4.96. The third-order valence-electron chi connectivity index (χ3n) is 5.14. The van der Waals surface area contributed by atoms with Crippen LogP contribution in [0, 0.1) is 0 Å². The molecule has 0 saturated heterocycles. The highest BCUT2D eigenvalue weighted by Crippen LogP contribution is 2.53. The fraction of sp³-hybridized carbons (Fsp3) is 0.286. The molecule has 220 valence electrons. The quantitative estimate of drug-likeness (QED) is 0.160. The Hall–Kier alpha value is -2.97. The summed E-state index contributed by atoms with van der Waals surface area (Å²) >= 11 is 0.673. The SMILES string of the molecule is COC(=O)c1cc(C(F)(C(F)(F)F)C(F)(F)F)ccc1N(C(C)=O)C(=O)c1ccc(C(F)(F)F)cc1S(=O)(=O)I. The smallest absolute Gasteiger partial charge is 0.435 e. The van der Waals surface area contributed by atoms with Crippen LogP contribution in [0.2, 0.25) is 0 Å². The first kappa shape index (κ1) is 33.2. The van der Waals surface area contributed by atoms with E-state index in [9.17, 15) is 66.7 Å². The van der Waals surface area contributed by atoms with E-state index in [2.05, 4.69) is 4.74 Å². The third kappa shape index (κ3) is 6.18. The average molecular weight is 723 g/mol. The molecular formula is C21H12F10INO6S. The van der Waals surface area contributed by atoms with Gasteiger partial charge in [-0.3, -0.25) is 9.59 Å². The lowest BCUT2D eigenvalue weighted by molar-refractivity contribution is -0.348. The topological polar surface area (TPSA) is 97.8 Å². The molecule has 2 amide bonds. The molecule has 0 aliphatic heterocycles. The van der Waals surface area contributed by atoms with E-state index in [4.69, 9.17) is 0 Å². The number of imide groups is 1. The minimum atomic E-state index is -6.61. The van der Waals surface area contributed by atoms with Crippen molar-refractivity contribution in [2.75, 3.05) is 12.0 Å². The van der Waals surface area contributed by atoms with E-state index in [1.807, 2.05) is 0 Å². The molecule has 0 saturated carbocycles. The van der Waals surface area contributed by atoms with Crippen LogP contribution >= 0.6 is 21.2 Å². The predicted octanol–water partition coefficient (Wildman–Crippen LogP) is 6.10. The first-order valence-electron chi connectivity index (χ1n) is 9.95. The Balaban J connectivity index is 2.91. The molecule has 40 heavy (non-hydrogen) atoms. The minimum Gasteiger partial charge on any atom is -0.465 e. The van der Waals surface area contributed by atoms with E-state index in [-0.39, 0.29) is 35.2 Å². The maximum absolute atomic E-state index is 14.6. The summed E-state index contributed by atoms with van der Waals surface area (Å²) in [5, 5.41) is 0. The Bertz CT molecular complexity index is 1450. The van der Waals surface area contributed by atoms with Crippen molar-refractivity contribution in [1.82, 2.24) is 0 Å². The van der Waals surface area contributed by atoms with Crippen molar-refractivity contribution >= 4 is 51.7 Å². The van der Waals surface area contributed by atoms with Gasteiger partial charge in [-0.2, -0.15) is 39.5 Å². The zero-order chi connectivity index (χ0) is 31.2. The van der Waals surface area contributed by atoms with E-state index in [0.717, 1.165) is 0 Å². The Morgan fingerprint density at radius 3 is 1.70 bits per heavy atom. The number of amides is 2. The standard InChI is InChI=1S/C21H12F10INO6S/c1-9(34)33(16(35)12-5-3-11(19(23,24)25)8-15(12)40(32,37)38)14-6-4-10(7-13(14)17(36)39-2)18(22,20(26,27)28)21(29,30)31/h3-8H,1-2H3. The fourth-order valence-electron chi connectivity index (χ4n) is 3.33. The molecule has 7 nitrogen and oxygen atoms in total. The van der Waals surface area contributed by atoms with Crippen LogP contribution in [0.15, 0.2) is 41.3 Å². The molecule has 2 aromatic rings. The number of methoxy groups -OCH3 is 1. The summed E-state index contributed by atoms with van der Waals surface area (Å²) in [4.78, 5) is 36.6. The van der Waals surface area contributed by atoms with Gasteiger partial charge in [0, 0.05) is 12.5 Å². The van der Waals surface area contributed by atoms with Gasteiger partial charge < -0.3 is 4.74 Å². The number of halogens is 11. The minimum absolute atomic E-state index is 0.0434. The van der Waals surface area contributed by atoms with Crippen LogP contribution in [0.3, 0.4) is 0 Å². The van der Waals surface area contributed by atoms with Gasteiger partial charge in [0.05, 0.1) is 55.6 Å². The van der Waals surface area contributed by atoms with Crippen molar-refractivity contribution in [2.24, 2.45) is 0 Å². The first-order valence-corrected chi connectivity index (χ1v) is 14.0. The van der Waals surface area contributed by atoms with Crippen molar-refractivity contribution < 1.29 is 71.4 Å². The number of rotatable bonds is 5. The van der Waals surface area contributed by atoms with Crippen molar-refractivity contribution in [3.05, 3.63) is 58.7 Å². The van der Waals surface area contributed by atoms with Crippen LogP contribution < -0.4 is 4.90 Å². The Morgan fingerprint density at radius 1 is 0.800 bits per heavy atom. The van der Waals surface area contributed by atoms with E-state index in [1.165, 1.54) is 0 Å². The third-order valence-corrected chi connectivity index (χ3v) is 7.43. The zero-order valence-electron chi connectivity index (χ0n) is 19.4. The molecule has 0 bridgehead atoms. The number of hydrogen-bond acceptors (Lipinski definition) is 6. The molecule has 0 atom stereocenters. The van der Waals surface area contributed by atoms with Crippen LogP contribution in [0.5, 0.6) is 0 Å². The van der Waals surface area contributed by atoms with Gasteiger partial charge in [0.2, 0.25) is 12.9 Å². The van der Waals surface area contributed by atoms with Gasteiger partial charge in [0.1, 0.15) is 0 Å². The van der Waals surface area contributed by atoms with Gasteiger partial charge in [-0.1, -0.05) is 6.07 Å². The molecule has 0 aliphatic rings. The average Bonchev–Trinajstić information content (AvgIpc) is 2.80. The number of alkyl halides is 10. The van der Waals surface area contributed by atoms with Gasteiger partial charge in [-0.05, 0) is 30.3 Å². The predicted molar refractivity (Wildman–Crippen MR) is 123 cm³/mol. The van der Waals surface area contributed by atoms with Gasteiger partial charge in [0.15, 0.2) is 0 Å². The lowest BCUT2D eigenvalue weighted by Crippen LogP contribution is -2.50. The second-order valence-electron chi connectivity index (χ2n) is 7.68. The van der Waals surface area contributed by atoms with Crippen LogP contribution in [0.25, 0.3) is 0 Å². The molecule has 19 heteroatoms. The summed E-state index contributed by atoms with van der Waals surface area (Å²) < 4.78 is 162. The van der Waals surface area contributed by atoms with Crippen LogP contribution in [-0.2, 0) is 28.4 Å². The highest BCUT2D eigenvalue weighted by Gasteiger charge is 2.73. The van der Waals surface area contributed by atoms with Gasteiger partial charge in [0.25, 0.3) is 5.91 Å². The molecule has 0 fully saturated rings. The molecule has 0 aromatic heterocycles. The summed E-state index contributed by atoms with van der Waals surface area (Å²) in [6.45, 7) is 0.583. The highest BCUT2D eigenvalue weighted by molar-refractivity contribution is 14.2. The summed E-state index contributed by atoms with van der Waals surface area (Å²) in [5.41, 5.74) is -13.4. The largest absolute Gasteiger partial charge is 0.465 e. The molecule has 0 aliphatic carbocycles. The van der Waals surface area contributed by atoms with Crippen molar-refractivity contribution in [3.63, 3.8) is 0 Å². The second-order valence-corrected chi connectivity index (χ2v) is 12.5. The highest BCUT2D eigenvalue weighted by atomic mass is 127. The van der Waals surface area contributed by atoms with Crippen LogP contribution in [-0.4, -0.2) is 45.7 Å². The molecule has 0 unspecified atom stereocenters. The number of hydrogen-bond donors (Lipinski definition) is 0. The van der Waals surface area contributed by atoms with Gasteiger partial charge in [-0.25, -0.2) is 22.5 Å². The first-order chi connectivity index (χ1) is 17.9. The Morgan fingerprint density at radius 2 is 1.30 bits per heavy atom. The Labute approximate surface area is 229 Å². The lowest BCUT2D eigenvalue weighted by atomic mass is 9.91. The normalized spacial score (nSPS) is 13.1. The van der Waals surface area contributed by atoms with Crippen molar-refractivity contribution in [3.8, 4) is 0 Å². The molecule has 0 N–H and O–H groups in total. The van der Waals surface area contributed by atoms with Crippen LogP contribution in [0.1, 0.15) is 38.8 Å². The molecular weight excluding hydrogens is 711 g/mol.